The summed E-state index contributed by atoms with van der Waals surface area (Å²) in [5, 5.41) is 8.85. The summed E-state index contributed by atoms with van der Waals surface area (Å²) in [6.45, 7) is 0.348. The molecule has 0 bridgehead atoms. The zero-order valence-electron chi connectivity index (χ0n) is 11.0. The van der Waals surface area contributed by atoms with Gasteiger partial charge in [0, 0.05) is 0 Å². The average molecular weight is 273 g/mol. The Kier molecular flexibility index (Phi) is 4.10. The van der Waals surface area contributed by atoms with Crippen LogP contribution in [0.5, 0.6) is 11.5 Å². The third kappa shape index (κ3) is 3.20. The largest absolute Gasteiger partial charge is 0.497 e. The molecule has 0 fully saturated rings. The molecule has 0 radical (unpaired) electrons. The minimum absolute atomic E-state index is 0.138. The number of aromatic carboxylic acids is 1. The summed E-state index contributed by atoms with van der Waals surface area (Å²) in [7, 11) is 1.61. The minimum atomic E-state index is -1.02. The van der Waals surface area contributed by atoms with Crippen LogP contribution in [0, 0.1) is 0 Å². The van der Waals surface area contributed by atoms with Crippen molar-refractivity contribution in [2.75, 3.05) is 12.8 Å². The molecule has 2 aromatic carbocycles. The van der Waals surface area contributed by atoms with Gasteiger partial charge in [0.25, 0.3) is 0 Å². The van der Waals surface area contributed by atoms with Gasteiger partial charge in [0.05, 0.1) is 18.4 Å². The molecular weight excluding hydrogens is 258 g/mol. The average Bonchev–Trinajstić information content (AvgIpc) is 2.46. The highest BCUT2D eigenvalue weighted by molar-refractivity contribution is 5.89. The maximum Gasteiger partial charge on any atom is 0.335 e. The Morgan fingerprint density at radius 3 is 2.45 bits per heavy atom. The molecule has 0 atom stereocenters. The number of anilines is 1. The Morgan fingerprint density at radius 2 is 1.90 bits per heavy atom. The molecule has 0 aromatic heterocycles. The number of rotatable bonds is 5. The number of ether oxygens (including phenoxy) is 2. The van der Waals surface area contributed by atoms with Gasteiger partial charge in [-0.2, -0.15) is 0 Å². The lowest BCUT2D eigenvalue weighted by Crippen LogP contribution is -2.02. The first-order valence-electron chi connectivity index (χ1n) is 5.98. The van der Waals surface area contributed by atoms with Gasteiger partial charge in [0.15, 0.2) is 0 Å². The van der Waals surface area contributed by atoms with E-state index in [1.165, 1.54) is 12.1 Å². The van der Waals surface area contributed by atoms with E-state index in [4.69, 9.17) is 20.3 Å². The zero-order valence-corrected chi connectivity index (χ0v) is 11.0. The fourth-order valence-corrected chi connectivity index (χ4v) is 1.70. The molecule has 0 heterocycles. The van der Waals surface area contributed by atoms with Gasteiger partial charge in [-0.05, 0) is 35.9 Å². The number of carboxylic acid groups (broad SMARTS) is 1. The molecule has 5 nitrogen and oxygen atoms in total. The van der Waals surface area contributed by atoms with E-state index in [-0.39, 0.29) is 5.56 Å². The maximum atomic E-state index is 10.8. The number of methoxy groups -OCH3 is 1. The van der Waals surface area contributed by atoms with Crippen LogP contribution in [-0.2, 0) is 6.61 Å². The summed E-state index contributed by atoms with van der Waals surface area (Å²) >= 11 is 0. The number of benzene rings is 2. The lowest BCUT2D eigenvalue weighted by Gasteiger charge is -2.10. The van der Waals surface area contributed by atoms with Crippen molar-refractivity contribution in [3.05, 3.63) is 53.6 Å². The van der Waals surface area contributed by atoms with Gasteiger partial charge >= 0.3 is 5.97 Å². The van der Waals surface area contributed by atoms with E-state index in [0.29, 0.717) is 18.0 Å². The molecule has 0 aliphatic rings. The minimum Gasteiger partial charge on any atom is -0.497 e. The monoisotopic (exact) mass is 273 g/mol. The van der Waals surface area contributed by atoms with Gasteiger partial charge in [-0.3, -0.25) is 0 Å². The first kappa shape index (κ1) is 13.7. The molecule has 0 saturated carbocycles. The SMILES string of the molecule is COc1ccc(COc2ccc(C(=O)O)cc2N)cc1. The van der Waals surface area contributed by atoms with E-state index in [1.807, 2.05) is 24.3 Å². The first-order valence-corrected chi connectivity index (χ1v) is 5.98. The molecule has 2 rings (SSSR count). The van der Waals surface area contributed by atoms with E-state index in [1.54, 1.807) is 13.2 Å². The van der Waals surface area contributed by atoms with E-state index >= 15 is 0 Å². The molecule has 5 heteroatoms. The van der Waals surface area contributed by atoms with Gasteiger partial charge in [-0.1, -0.05) is 12.1 Å². The van der Waals surface area contributed by atoms with Crippen molar-refractivity contribution in [3.63, 3.8) is 0 Å². The van der Waals surface area contributed by atoms with Crippen LogP contribution in [0.4, 0.5) is 5.69 Å². The topological polar surface area (TPSA) is 81.8 Å². The predicted molar refractivity (Wildman–Crippen MR) is 75.1 cm³/mol. The molecule has 20 heavy (non-hydrogen) atoms. The zero-order chi connectivity index (χ0) is 14.5. The predicted octanol–water partition coefficient (Wildman–Crippen LogP) is 2.55. The summed E-state index contributed by atoms with van der Waals surface area (Å²) in [5.41, 5.74) is 7.17. The third-order valence-electron chi connectivity index (χ3n) is 2.81. The Labute approximate surface area is 116 Å². The molecule has 0 saturated heterocycles. The molecule has 0 aliphatic carbocycles. The van der Waals surface area contributed by atoms with Gasteiger partial charge in [-0.15, -0.1) is 0 Å². The van der Waals surface area contributed by atoms with Crippen LogP contribution in [-0.4, -0.2) is 18.2 Å². The number of carbonyl (C=O) groups is 1. The van der Waals surface area contributed by atoms with Crippen molar-refractivity contribution in [3.8, 4) is 11.5 Å². The Bertz CT molecular complexity index is 608. The number of carboxylic acids is 1. The fourth-order valence-electron chi connectivity index (χ4n) is 1.70. The van der Waals surface area contributed by atoms with Crippen LogP contribution < -0.4 is 15.2 Å². The van der Waals surface area contributed by atoms with Crippen LogP contribution in [0.25, 0.3) is 0 Å². The highest BCUT2D eigenvalue weighted by Crippen LogP contribution is 2.24. The van der Waals surface area contributed by atoms with Crippen molar-refractivity contribution in [1.29, 1.82) is 0 Å². The Morgan fingerprint density at radius 1 is 1.20 bits per heavy atom. The van der Waals surface area contributed by atoms with Crippen molar-refractivity contribution in [1.82, 2.24) is 0 Å². The molecule has 0 aliphatic heterocycles. The second kappa shape index (κ2) is 5.97. The number of hydrogen-bond donors (Lipinski definition) is 2. The Hall–Kier alpha value is -2.69. The molecular formula is C15H15NO4. The van der Waals surface area contributed by atoms with Crippen molar-refractivity contribution in [2.24, 2.45) is 0 Å². The van der Waals surface area contributed by atoms with Crippen molar-refractivity contribution < 1.29 is 19.4 Å². The lowest BCUT2D eigenvalue weighted by molar-refractivity contribution is 0.0697. The fraction of sp³-hybridized carbons (Fsp3) is 0.133. The van der Waals surface area contributed by atoms with Gasteiger partial charge in [-0.25, -0.2) is 4.79 Å². The molecule has 0 spiro atoms. The summed E-state index contributed by atoms with van der Waals surface area (Å²) in [6, 6.07) is 11.9. The van der Waals surface area contributed by atoms with E-state index in [2.05, 4.69) is 0 Å². The van der Waals surface area contributed by atoms with Crippen LogP contribution >= 0.6 is 0 Å². The van der Waals surface area contributed by atoms with E-state index in [9.17, 15) is 4.79 Å². The summed E-state index contributed by atoms with van der Waals surface area (Å²) < 4.78 is 10.6. The van der Waals surface area contributed by atoms with Crippen LogP contribution in [0.15, 0.2) is 42.5 Å². The molecule has 0 amide bonds. The number of nitrogen functional groups attached to an aromatic ring is 1. The molecule has 3 N–H and O–H groups in total. The molecule has 104 valence electrons. The first-order chi connectivity index (χ1) is 9.60. The van der Waals surface area contributed by atoms with Crippen LogP contribution in [0.2, 0.25) is 0 Å². The summed E-state index contributed by atoms with van der Waals surface area (Å²) in [6.07, 6.45) is 0. The quantitative estimate of drug-likeness (QED) is 0.818. The van der Waals surface area contributed by atoms with E-state index < -0.39 is 5.97 Å². The second-order valence-electron chi connectivity index (χ2n) is 4.19. The van der Waals surface area contributed by atoms with Gasteiger partial charge in [0.1, 0.15) is 18.1 Å². The summed E-state index contributed by atoms with van der Waals surface area (Å²) in [5.74, 6) is 0.225. The Balaban J connectivity index is 2.04. The van der Waals surface area contributed by atoms with Gasteiger partial charge in [0.2, 0.25) is 0 Å². The van der Waals surface area contributed by atoms with Crippen molar-refractivity contribution in [2.45, 2.75) is 6.61 Å². The van der Waals surface area contributed by atoms with E-state index in [0.717, 1.165) is 11.3 Å². The standard InChI is InChI=1S/C15H15NO4/c1-19-12-5-2-10(3-6-12)9-20-14-7-4-11(15(17)18)8-13(14)16/h2-8H,9,16H2,1H3,(H,17,18). The van der Waals surface area contributed by atoms with Crippen molar-refractivity contribution >= 4 is 11.7 Å². The normalized spacial score (nSPS) is 10.1. The lowest BCUT2D eigenvalue weighted by atomic mass is 10.2. The highest BCUT2D eigenvalue weighted by Gasteiger charge is 2.07. The van der Waals surface area contributed by atoms with Crippen LogP contribution in [0.3, 0.4) is 0 Å². The van der Waals surface area contributed by atoms with Crippen LogP contribution in [0.1, 0.15) is 15.9 Å². The molecule has 0 unspecified atom stereocenters. The maximum absolute atomic E-state index is 10.8. The smallest absolute Gasteiger partial charge is 0.335 e. The number of nitrogens with two attached hydrogens (primary N) is 1. The summed E-state index contributed by atoms with van der Waals surface area (Å²) in [4.78, 5) is 10.8. The molecule has 2 aromatic rings. The van der Waals surface area contributed by atoms with Gasteiger partial charge < -0.3 is 20.3 Å². The third-order valence-corrected chi connectivity index (χ3v) is 2.81. The number of hydrogen-bond acceptors (Lipinski definition) is 4. The highest BCUT2D eigenvalue weighted by atomic mass is 16.5. The second-order valence-corrected chi connectivity index (χ2v) is 4.19.